The molecular formula is C28H26N4O2. The molecule has 1 atom stereocenters. The first-order valence-corrected chi connectivity index (χ1v) is 11.5. The number of nitrogens with one attached hydrogen (secondary N) is 2. The predicted octanol–water partition coefficient (Wildman–Crippen LogP) is 4.86. The van der Waals surface area contributed by atoms with Crippen molar-refractivity contribution in [2.24, 2.45) is 0 Å². The molecule has 34 heavy (non-hydrogen) atoms. The standard InChI is InChI=1S/C28H26N4O2/c33-27(16-20-8-2-1-3-9-20)30-23-18-29-32(19-23)24-13-6-12-22(17-24)28(34)31-26-15-7-11-21-10-4-5-14-25(21)26/h1-6,8-10,12-14,17-19,26H,7,11,15-16H2,(H,30,33)(H,31,34). The lowest BCUT2D eigenvalue weighted by Crippen LogP contribution is -2.31. The second-order valence-electron chi connectivity index (χ2n) is 8.55. The van der Waals surface area contributed by atoms with E-state index >= 15 is 0 Å². The third kappa shape index (κ3) is 4.91. The van der Waals surface area contributed by atoms with E-state index in [1.807, 2.05) is 54.6 Å². The van der Waals surface area contributed by atoms with Crippen molar-refractivity contribution in [3.63, 3.8) is 0 Å². The summed E-state index contributed by atoms with van der Waals surface area (Å²) in [4.78, 5) is 25.4. The van der Waals surface area contributed by atoms with Crippen LogP contribution in [0.15, 0.2) is 91.3 Å². The molecule has 0 spiro atoms. The van der Waals surface area contributed by atoms with Crippen LogP contribution in [-0.4, -0.2) is 21.6 Å². The Labute approximate surface area is 198 Å². The van der Waals surface area contributed by atoms with Gasteiger partial charge in [-0.05, 0) is 54.2 Å². The van der Waals surface area contributed by atoms with Gasteiger partial charge in [-0.2, -0.15) is 5.10 Å². The van der Waals surface area contributed by atoms with Crippen molar-refractivity contribution in [3.05, 3.63) is 114 Å². The van der Waals surface area contributed by atoms with Gasteiger partial charge < -0.3 is 10.6 Å². The summed E-state index contributed by atoms with van der Waals surface area (Å²) in [6.07, 6.45) is 6.71. The molecule has 1 aromatic heterocycles. The minimum Gasteiger partial charge on any atom is -0.345 e. The van der Waals surface area contributed by atoms with E-state index in [1.54, 1.807) is 23.1 Å². The third-order valence-corrected chi connectivity index (χ3v) is 6.12. The van der Waals surface area contributed by atoms with Crippen LogP contribution in [0.3, 0.4) is 0 Å². The topological polar surface area (TPSA) is 76.0 Å². The molecule has 170 valence electrons. The number of amides is 2. The summed E-state index contributed by atoms with van der Waals surface area (Å²) in [5, 5.41) is 10.4. The molecule has 3 aromatic carbocycles. The molecule has 0 bridgehead atoms. The molecule has 0 aliphatic heterocycles. The van der Waals surface area contributed by atoms with Gasteiger partial charge in [0.05, 0.1) is 36.2 Å². The Kier molecular flexibility index (Phi) is 6.21. The Hall–Kier alpha value is -4.19. The van der Waals surface area contributed by atoms with E-state index in [4.69, 9.17) is 0 Å². The molecule has 5 rings (SSSR count). The summed E-state index contributed by atoms with van der Waals surface area (Å²) in [6.45, 7) is 0. The van der Waals surface area contributed by atoms with Crippen molar-refractivity contribution < 1.29 is 9.59 Å². The van der Waals surface area contributed by atoms with Crippen LogP contribution >= 0.6 is 0 Å². The minimum absolute atomic E-state index is 0.0252. The monoisotopic (exact) mass is 450 g/mol. The van der Waals surface area contributed by atoms with Crippen molar-refractivity contribution >= 4 is 17.5 Å². The van der Waals surface area contributed by atoms with Crippen LogP contribution in [-0.2, 0) is 17.6 Å². The molecule has 1 aliphatic rings. The lowest BCUT2D eigenvalue weighted by molar-refractivity contribution is -0.115. The van der Waals surface area contributed by atoms with Crippen LogP contribution in [0, 0.1) is 0 Å². The average molecular weight is 451 g/mol. The normalized spacial score (nSPS) is 14.8. The molecule has 4 aromatic rings. The Morgan fingerprint density at radius 3 is 2.68 bits per heavy atom. The fraction of sp³-hybridized carbons (Fsp3) is 0.179. The largest absolute Gasteiger partial charge is 0.345 e. The Balaban J connectivity index is 1.26. The van der Waals surface area contributed by atoms with Crippen LogP contribution in [0.2, 0.25) is 0 Å². The molecule has 2 amide bonds. The van der Waals surface area contributed by atoms with E-state index in [-0.39, 0.29) is 17.9 Å². The summed E-state index contributed by atoms with van der Waals surface area (Å²) in [7, 11) is 0. The number of hydrogen-bond donors (Lipinski definition) is 2. The number of rotatable bonds is 6. The third-order valence-electron chi connectivity index (χ3n) is 6.12. The highest BCUT2D eigenvalue weighted by atomic mass is 16.2. The Morgan fingerprint density at radius 2 is 1.79 bits per heavy atom. The van der Waals surface area contributed by atoms with Gasteiger partial charge in [0.15, 0.2) is 0 Å². The fourth-order valence-corrected chi connectivity index (χ4v) is 4.45. The number of aromatic nitrogens is 2. The SMILES string of the molecule is O=C(Cc1ccccc1)Nc1cnn(-c2cccc(C(=O)NC3CCCc4ccccc43)c2)c1. The lowest BCUT2D eigenvalue weighted by atomic mass is 9.87. The van der Waals surface area contributed by atoms with Crippen LogP contribution in [0.25, 0.3) is 5.69 Å². The number of aryl methyl sites for hydroxylation is 1. The smallest absolute Gasteiger partial charge is 0.251 e. The van der Waals surface area contributed by atoms with Gasteiger partial charge in [-0.25, -0.2) is 4.68 Å². The summed E-state index contributed by atoms with van der Waals surface area (Å²) < 4.78 is 1.66. The average Bonchev–Trinajstić information content (AvgIpc) is 3.33. The van der Waals surface area contributed by atoms with Crippen molar-refractivity contribution in [2.75, 3.05) is 5.32 Å². The zero-order valence-electron chi connectivity index (χ0n) is 18.8. The number of benzene rings is 3. The highest BCUT2D eigenvalue weighted by molar-refractivity contribution is 5.95. The first-order valence-electron chi connectivity index (χ1n) is 11.5. The maximum Gasteiger partial charge on any atom is 0.251 e. The van der Waals surface area contributed by atoms with Crippen molar-refractivity contribution in [1.82, 2.24) is 15.1 Å². The van der Waals surface area contributed by atoms with E-state index in [0.29, 0.717) is 17.7 Å². The van der Waals surface area contributed by atoms with Gasteiger partial charge in [-0.3, -0.25) is 9.59 Å². The number of carbonyl (C=O) groups excluding carboxylic acids is 2. The fourth-order valence-electron chi connectivity index (χ4n) is 4.45. The summed E-state index contributed by atoms with van der Waals surface area (Å²) in [6, 6.07) is 25.3. The van der Waals surface area contributed by atoms with E-state index < -0.39 is 0 Å². The van der Waals surface area contributed by atoms with Crippen LogP contribution in [0.5, 0.6) is 0 Å². The molecule has 0 saturated carbocycles. The van der Waals surface area contributed by atoms with Gasteiger partial charge in [-0.15, -0.1) is 0 Å². The minimum atomic E-state index is -0.105. The highest BCUT2D eigenvalue weighted by Gasteiger charge is 2.22. The first kappa shape index (κ1) is 21.6. The molecule has 0 saturated heterocycles. The number of carbonyl (C=O) groups is 2. The van der Waals surface area contributed by atoms with Gasteiger partial charge >= 0.3 is 0 Å². The number of nitrogens with zero attached hydrogens (tertiary/aromatic N) is 2. The van der Waals surface area contributed by atoms with E-state index in [0.717, 1.165) is 30.5 Å². The van der Waals surface area contributed by atoms with Gasteiger partial charge in [0.25, 0.3) is 5.91 Å². The maximum atomic E-state index is 13.0. The molecule has 6 heteroatoms. The summed E-state index contributed by atoms with van der Waals surface area (Å²) in [5.41, 5.74) is 5.40. The predicted molar refractivity (Wildman–Crippen MR) is 132 cm³/mol. The molecule has 2 N–H and O–H groups in total. The molecule has 0 radical (unpaired) electrons. The van der Waals surface area contributed by atoms with Gasteiger partial charge in [0, 0.05) is 5.56 Å². The summed E-state index contributed by atoms with van der Waals surface area (Å²) in [5.74, 6) is -0.210. The quantitative estimate of drug-likeness (QED) is 0.440. The lowest BCUT2D eigenvalue weighted by Gasteiger charge is -2.26. The highest BCUT2D eigenvalue weighted by Crippen LogP contribution is 2.29. The zero-order chi connectivity index (χ0) is 23.3. The molecule has 0 fully saturated rings. The Morgan fingerprint density at radius 1 is 0.971 bits per heavy atom. The van der Waals surface area contributed by atoms with Crippen molar-refractivity contribution in [1.29, 1.82) is 0 Å². The number of hydrogen-bond acceptors (Lipinski definition) is 3. The van der Waals surface area contributed by atoms with Gasteiger partial charge in [-0.1, -0.05) is 60.7 Å². The van der Waals surface area contributed by atoms with Crippen LogP contribution < -0.4 is 10.6 Å². The molecule has 1 unspecified atom stereocenters. The second kappa shape index (κ2) is 9.75. The van der Waals surface area contributed by atoms with Crippen molar-refractivity contribution in [3.8, 4) is 5.69 Å². The van der Waals surface area contributed by atoms with E-state index in [2.05, 4.69) is 33.9 Å². The molecule has 6 nitrogen and oxygen atoms in total. The van der Waals surface area contributed by atoms with Gasteiger partial charge in [0.2, 0.25) is 5.91 Å². The van der Waals surface area contributed by atoms with E-state index in [9.17, 15) is 9.59 Å². The van der Waals surface area contributed by atoms with Crippen LogP contribution in [0.4, 0.5) is 5.69 Å². The van der Waals surface area contributed by atoms with Crippen LogP contribution in [0.1, 0.15) is 45.9 Å². The first-order chi connectivity index (χ1) is 16.7. The van der Waals surface area contributed by atoms with Crippen molar-refractivity contribution in [2.45, 2.75) is 31.7 Å². The summed E-state index contributed by atoms with van der Waals surface area (Å²) >= 11 is 0. The number of fused-ring (bicyclic) bond motifs is 1. The molecule has 1 aliphatic carbocycles. The van der Waals surface area contributed by atoms with E-state index in [1.165, 1.54) is 11.1 Å². The second-order valence-corrected chi connectivity index (χ2v) is 8.55. The molecule has 1 heterocycles. The maximum absolute atomic E-state index is 13.0. The number of anilines is 1. The Bertz CT molecular complexity index is 1310. The molecular weight excluding hydrogens is 424 g/mol. The zero-order valence-corrected chi connectivity index (χ0v) is 18.8. The van der Waals surface area contributed by atoms with Gasteiger partial charge in [0.1, 0.15) is 0 Å².